The summed E-state index contributed by atoms with van der Waals surface area (Å²) in [5.41, 5.74) is 2.46. The molecule has 0 spiro atoms. The lowest BCUT2D eigenvalue weighted by atomic mass is 10.3. The van der Waals surface area contributed by atoms with Crippen LogP contribution in [0, 0.1) is 0 Å². The van der Waals surface area contributed by atoms with Crippen LogP contribution in [0.3, 0.4) is 0 Å². The molecule has 3 N–H and O–H groups in total. The van der Waals surface area contributed by atoms with E-state index in [4.69, 9.17) is 10.6 Å². The Hall–Kier alpha value is -1.40. The molecule has 5 nitrogen and oxygen atoms in total. The molecule has 2 aromatic heterocycles. The highest BCUT2D eigenvalue weighted by molar-refractivity contribution is 7.16. The molecule has 0 saturated carbocycles. The summed E-state index contributed by atoms with van der Waals surface area (Å²) in [6, 6.07) is 1.97. The molecule has 0 aliphatic carbocycles. The predicted octanol–water partition coefficient (Wildman–Crippen LogP) is 2.55. The minimum absolute atomic E-state index is 0.394. The first-order valence-corrected chi connectivity index (χ1v) is 6.57. The number of nitrogens with one attached hydrogen (secondary N) is 1. The fraction of sp³-hybridized carbons (Fsp3) is 0.455. The molecule has 92 valence electrons. The standard InChI is InChI=1S/C11H16N4OS/c1-2-3-4-6-16-9-8-5-7-17-10(8)14-11(13-9)15-12/h5,7H,2-4,6,12H2,1H3,(H,13,14,15). The number of nitrogen functional groups attached to an aromatic ring is 1. The van der Waals surface area contributed by atoms with E-state index in [-0.39, 0.29) is 0 Å². The Morgan fingerprint density at radius 2 is 2.29 bits per heavy atom. The maximum Gasteiger partial charge on any atom is 0.241 e. The minimum atomic E-state index is 0.394. The lowest BCUT2D eigenvalue weighted by Gasteiger charge is -2.07. The molecule has 0 amide bonds. The summed E-state index contributed by atoms with van der Waals surface area (Å²) < 4.78 is 5.68. The first-order valence-electron chi connectivity index (χ1n) is 5.69. The molecule has 0 aliphatic heterocycles. The van der Waals surface area contributed by atoms with Gasteiger partial charge in [-0.15, -0.1) is 11.3 Å². The van der Waals surface area contributed by atoms with Crippen LogP contribution in [0.15, 0.2) is 11.4 Å². The summed E-state index contributed by atoms with van der Waals surface area (Å²) in [7, 11) is 0. The van der Waals surface area contributed by atoms with Gasteiger partial charge in [-0.3, -0.25) is 5.43 Å². The average molecular weight is 252 g/mol. The van der Waals surface area contributed by atoms with Crippen molar-refractivity contribution in [3.63, 3.8) is 0 Å². The van der Waals surface area contributed by atoms with Gasteiger partial charge in [0.1, 0.15) is 4.83 Å². The molecule has 2 heterocycles. The number of nitrogens with zero attached hydrogens (tertiary/aromatic N) is 2. The van der Waals surface area contributed by atoms with Crippen LogP contribution < -0.4 is 16.0 Å². The van der Waals surface area contributed by atoms with E-state index in [9.17, 15) is 0 Å². The molecule has 0 saturated heterocycles. The van der Waals surface area contributed by atoms with Crippen LogP contribution >= 0.6 is 11.3 Å². The van der Waals surface area contributed by atoms with Gasteiger partial charge in [-0.2, -0.15) is 4.98 Å². The molecule has 0 aliphatic rings. The number of rotatable bonds is 6. The Kier molecular flexibility index (Phi) is 4.11. The first-order chi connectivity index (χ1) is 8.35. The Morgan fingerprint density at radius 1 is 1.41 bits per heavy atom. The maximum absolute atomic E-state index is 5.68. The largest absolute Gasteiger partial charge is 0.477 e. The highest BCUT2D eigenvalue weighted by Crippen LogP contribution is 2.27. The van der Waals surface area contributed by atoms with E-state index < -0.39 is 0 Å². The van der Waals surface area contributed by atoms with E-state index in [0.29, 0.717) is 18.4 Å². The second-order valence-electron chi connectivity index (χ2n) is 3.69. The number of hydrazine groups is 1. The number of anilines is 1. The number of nitrogens with two attached hydrogens (primary N) is 1. The number of hydrogen-bond donors (Lipinski definition) is 2. The SMILES string of the molecule is CCCCCOc1nc(NN)nc2sccc12. The number of thiophene rings is 1. The van der Waals surface area contributed by atoms with Crippen molar-refractivity contribution in [2.24, 2.45) is 5.84 Å². The lowest BCUT2D eigenvalue weighted by molar-refractivity contribution is 0.299. The van der Waals surface area contributed by atoms with Crippen molar-refractivity contribution in [3.8, 4) is 5.88 Å². The second kappa shape index (κ2) is 5.79. The third-order valence-corrected chi connectivity index (χ3v) is 3.21. The zero-order valence-electron chi connectivity index (χ0n) is 9.77. The summed E-state index contributed by atoms with van der Waals surface area (Å²) in [5, 5.41) is 2.92. The smallest absolute Gasteiger partial charge is 0.241 e. The van der Waals surface area contributed by atoms with E-state index in [1.54, 1.807) is 11.3 Å². The van der Waals surface area contributed by atoms with E-state index in [2.05, 4.69) is 22.3 Å². The van der Waals surface area contributed by atoms with E-state index >= 15 is 0 Å². The molecular formula is C11H16N4OS. The third kappa shape index (κ3) is 2.83. The number of unbranched alkanes of at least 4 members (excludes halogenated alkanes) is 2. The van der Waals surface area contributed by atoms with Gasteiger partial charge in [0.25, 0.3) is 0 Å². The molecule has 2 rings (SSSR count). The van der Waals surface area contributed by atoms with E-state index in [1.165, 1.54) is 12.8 Å². The van der Waals surface area contributed by atoms with Crippen LogP contribution in [-0.2, 0) is 0 Å². The van der Waals surface area contributed by atoms with Gasteiger partial charge < -0.3 is 4.74 Å². The van der Waals surface area contributed by atoms with E-state index in [1.807, 2.05) is 11.4 Å². The van der Waals surface area contributed by atoms with Crippen molar-refractivity contribution in [3.05, 3.63) is 11.4 Å². The number of aromatic nitrogens is 2. The normalized spacial score (nSPS) is 10.7. The molecule has 2 aromatic rings. The van der Waals surface area contributed by atoms with Gasteiger partial charge in [-0.1, -0.05) is 19.8 Å². The van der Waals surface area contributed by atoms with Gasteiger partial charge in [-0.05, 0) is 17.9 Å². The first kappa shape index (κ1) is 12.1. The Morgan fingerprint density at radius 3 is 3.06 bits per heavy atom. The fourth-order valence-corrected chi connectivity index (χ4v) is 2.28. The second-order valence-corrected chi connectivity index (χ2v) is 4.59. The molecule has 17 heavy (non-hydrogen) atoms. The average Bonchev–Trinajstić information content (AvgIpc) is 2.82. The van der Waals surface area contributed by atoms with E-state index in [0.717, 1.165) is 16.6 Å². The van der Waals surface area contributed by atoms with Gasteiger partial charge in [0, 0.05) is 0 Å². The highest BCUT2D eigenvalue weighted by Gasteiger charge is 2.09. The summed E-state index contributed by atoms with van der Waals surface area (Å²) in [4.78, 5) is 9.36. The van der Waals surface area contributed by atoms with Gasteiger partial charge in [0.05, 0.1) is 12.0 Å². The maximum atomic E-state index is 5.68. The Labute approximate surface area is 104 Å². The van der Waals surface area contributed by atoms with Gasteiger partial charge >= 0.3 is 0 Å². The Bertz CT molecular complexity index is 485. The minimum Gasteiger partial charge on any atom is -0.477 e. The monoisotopic (exact) mass is 252 g/mol. The van der Waals surface area contributed by atoms with Crippen LogP contribution in [0.25, 0.3) is 10.2 Å². The third-order valence-electron chi connectivity index (χ3n) is 2.41. The van der Waals surface area contributed by atoms with Gasteiger partial charge in [0.15, 0.2) is 0 Å². The van der Waals surface area contributed by atoms with Crippen LogP contribution in [0.5, 0.6) is 5.88 Å². The summed E-state index contributed by atoms with van der Waals surface area (Å²) >= 11 is 1.55. The van der Waals surface area contributed by atoms with Crippen molar-refractivity contribution in [1.82, 2.24) is 9.97 Å². The zero-order valence-corrected chi connectivity index (χ0v) is 10.6. The summed E-state index contributed by atoms with van der Waals surface area (Å²) in [5.74, 6) is 6.33. The summed E-state index contributed by atoms with van der Waals surface area (Å²) in [6.07, 6.45) is 3.38. The van der Waals surface area contributed by atoms with Crippen molar-refractivity contribution < 1.29 is 4.74 Å². The van der Waals surface area contributed by atoms with Crippen LogP contribution in [0.4, 0.5) is 5.95 Å². The molecule has 0 aromatic carbocycles. The van der Waals surface area contributed by atoms with Crippen molar-refractivity contribution >= 4 is 27.5 Å². The molecular weight excluding hydrogens is 236 g/mol. The predicted molar refractivity (Wildman–Crippen MR) is 70.2 cm³/mol. The molecule has 0 bridgehead atoms. The molecule has 0 atom stereocenters. The van der Waals surface area contributed by atoms with Crippen LogP contribution in [-0.4, -0.2) is 16.6 Å². The van der Waals surface area contributed by atoms with Gasteiger partial charge in [-0.25, -0.2) is 10.8 Å². The summed E-state index contributed by atoms with van der Waals surface area (Å²) in [6.45, 7) is 2.85. The number of ether oxygens (including phenoxy) is 1. The molecule has 0 unspecified atom stereocenters. The topological polar surface area (TPSA) is 73.1 Å². The Balaban J connectivity index is 2.16. The van der Waals surface area contributed by atoms with Gasteiger partial charge in [0.2, 0.25) is 11.8 Å². The zero-order chi connectivity index (χ0) is 12.1. The lowest BCUT2D eigenvalue weighted by Crippen LogP contribution is -2.11. The van der Waals surface area contributed by atoms with Crippen molar-refractivity contribution in [2.75, 3.05) is 12.0 Å². The molecule has 6 heteroatoms. The van der Waals surface area contributed by atoms with Crippen molar-refractivity contribution in [1.29, 1.82) is 0 Å². The number of fused-ring (bicyclic) bond motifs is 1. The quantitative estimate of drug-likeness (QED) is 0.469. The van der Waals surface area contributed by atoms with Crippen LogP contribution in [0.2, 0.25) is 0 Å². The fourth-order valence-electron chi connectivity index (χ4n) is 1.52. The molecule has 0 fully saturated rings. The van der Waals surface area contributed by atoms with Crippen LogP contribution in [0.1, 0.15) is 26.2 Å². The van der Waals surface area contributed by atoms with Crippen molar-refractivity contribution in [2.45, 2.75) is 26.2 Å². The number of hydrogen-bond acceptors (Lipinski definition) is 6. The molecule has 0 radical (unpaired) electrons. The highest BCUT2D eigenvalue weighted by atomic mass is 32.1.